The van der Waals surface area contributed by atoms with Crippen molar-refractivity contribution >= 4 is 28.1 Å². The molecule has 2 aromatic rings. The molecule has 0 bridgehead atoms. The van der Waals surface area contributed by atoms with Crippen molar-refractivity contribution in [1.82, 2.24) is 5.43 Å². The number of hydrogen-bond acceptors (Lipinski definition) is 3. The summed E-state index contributed by atoms with van der Waals surface area (Å²) < 4.78 is 0.693. The molecular weight excluding hydrogens is 344 g/mol. The Morgan fingerprint density at radius 2 is 2.05 bits per heavy atom. The number of nitrogens with one attached hydrogen (secondary N) is 1. The van der Waals surface area contributed by atoms with Crippen molar-refractivity contribution < 1.29 is 9.90 Å². The third-order valence-electron chi connectivity index (χ3n) is 3.00. The number of carbonyl (C=O) groups excluding carboxylic acids is 1. The van der Waals surface area contributed by atoms with E-state index in [-0.39, 0.29) is 11.7 Å². The largest absolute Gasteiger partial charge is 0.507 e. The molecule has 0 aliphatic carbocycles. The van der Waals surface area contributed by atoms with Crippen molar-refractivity contribution in [3.05, 3.63) is 76.3 Å². The lowest BCUT2D eigenvalue weighted by molar-refractivity contribution is 0.0954. The molecule has 0 atom stereocenters. The van der Waals surface area contributed by atoms with Crippen molar-refractivity contribution in [1.29, 1.82) is 0 Å². The summed E-state index contributed by atoms with van der Waals surface area (Å²) in [4.78, 5) is 12.0. The zero-order valence-electron chi connectivity index (χ0n) is 11.8. The second-order valence-electron chi connectivity index (χ2n) is 4.53. The van der Waals surface area contributed by atoms with Crippen LogP contribution in [0.5, 0.6) is 5.75 Å². The molecule has 0 radical (unpaired) electrons. The van der Waals surface area contributed by atoms with E-state index in [9.17, 15) is 9.90 Å². The van der Waals surface area contributed by atoms with Crippen LogP contribution in [0.15, 0.2) is 64.7 Å². The molecule has 0 spiro atoms. The van der Waals surface area contributed by atoms with Crippen LogP contribution in [-0.4, -0.2) is 17.2 Å². The summed E-state index contributed by atoms with van der Waals surface area (Å²) in [6.45, 7) is 3.65. The van der Waals surface area contributed by atoms with Gasteiger partial charge in [-0.15, -0.1) is 6.58 Å². The first kappa shape index (κ1) is 16.0. The summed E-state index contributed by atoms with van der Waals surface area (Å²) >= 11 is 3.31. The van der Waals surface area contributed by atoms with Crippen LogP contribution in [0.2, 0.25) is 0 Å². The van der Waals surface area contributed by atoms with Crippen molar-refractivity contribution in [2.24, 2.45) is 5.10 Å². The molecule has 22 heavy (non-hydrogen) atoms. The van der Waals surface area contributed by atoms with Crippen LogP contribution in [0, 0.1) is 0 Å². The fourth-order valence-corrected chi connectivity index (χ4v) is 2.37. The molecule has 2 N–H and O–H groups in total. The summed E-state index contributed by atoms with van der Waals surface area (Å²) in [7, 11) is 0. The van der Waals surface area contributed by atoms with E-state index < -0.39 is 0 Å². The average Bonchev–Trinajstić information content (AvgIpc) is 2.51. The quantitative estimate of drug-likeness (QED) is 0.486. The number of amides is 1. The van der Waals surface area contributed by atoms with E-state index in [4.69, 9.17) is 0 Å². The van der Waals surface area contributed by atoms with Crippen molar-refractivity contribution in [3.8, 4) is 5.75 Å². The van der Waals surface area contributed by atoms with E-state index in [1.807, 2.05) is 18.2 Å². The summed E-state index contributed by atoms with van der Waals surface area (Å²) in [6, 6.07) is 12.4. The number of benzene rings is 2. The number of halogens is 1. The minimum absolute atomic E-state index is 0.140. The highest BCUT2D eigenvalue weighted by Gasteiger charge is 2.08. The Morgan fingerprint density at radius 3 is 2.77 bits per heavy atom. The van der Waals surface area contributed by atoms with E-state index in [0.29, 0.717) is 22.0 Å². The molecule has 1 amide bonds. The Labute approximate surface area is 137 Å². The predicted molar refractivity (Wildman–Crippen MR) is 91.2 cm³/mol. The summed E-state index contributed by atoms with van der Waals surface area (Å²) in [5, 5.41) is 14.0. The zero-order valence-corrected chi connectivity index (χ0v) is 13.4. The van der Waals surface area contributed by atoms with Gasteiger partial charge in [-0.25, -0.2) is 5.43 Å². The number of rotatable bonds is 5. The molecule has 0 aliphatic heterocycles. The van der Waals surface area contributed by atoms with Gasteiger partial charge in [0.2, 0.25) is 0 Å². The number of para-hydroxylation sites is 1. The minimum atomic E-state index is -0.328. The van der Waals surface area contributed by atoms with Gasteiger partial charge < -0.3 is 5.11 Å². The first-order valence-electron chi connectivity index (χ1n) is 6.63. The number of carbonyl (C=O) groups is 1. The molecule has 5 heteroatoms. The number of allylic oxidation sites excluding steroid dienone is 1. The highest BCUT2D eigenvalue weighted by atomic mass is 79.9. The predicted octanol–water partition coefficient (Wildman–Crippen LogP) is 3.65. The maximum Gasteiger partial charge on any atom is 0.272 e. The smallest absolute Gasteiger partial charge is 0.272 e. The fourth-order valence-electron chi connectivity index (χ4n) is 1.90. The van der Waals surface area contributed by atoms with E-state index in [1.165, 1.54) is 6.21 Å². The molecule has 0 saturated heterocycles. The lowest BCUT2D eigenvalue weighted by Gasteiger charge is -2.05. The molecule has 4 nitrogen and oxygen atoms in total. The molecule has 0 aromatic heterocycles. The number of hydrazone groups is 1. The van der Waals surface area contributed by atoms with E-state index in [0.717, 1.165) is 5.56 Å². The second kappa shape index (κ2) is 7.56. The normalized spacial score (nSPS) is 10.6. The van der Waals surface area contributed by atoms with Crippen LogP contribution in [-0.2, 0) is 6.42 Å². The Bertz CT molecular complexity index is 726. The van der Waals surface area contributed by atoms with E-state index in [1.54, 1.807) is 30.3 Å². The van der Waals surface area contributed by atoms with Crippen LogP contribution in [0.25, 0.3) is 0 Å². The first-order chi connectivity index (χ1) is 10.6. The van der Waals surface area contributed by atoms with Gasteiger partial charge in [0.15, 0.2) is 0 Å². The van der Waals surface area contributed by atoms with Gasteiger partial charge in [-0.05, 0) is 46.1 Å². The van der Waals surface area contributed by atoms with Gasteiger partial charge in [-0.1, -0.05) is 30.3 Å². The van der Waals surface area contributed by atoms with Gasteiger partial charge in [0.25, 0.3) is 5.91 Å². The molecule has 0 aliphatic rings. The second-order valence-corrected chi connectivity index (χ2v) is 5.38. The molecule has 0 saturated carbocycles. The molecule has 112 valence electrons. The number of hydrogen-bond donors (Lipinski definition) is 2. The fraction of sp³-hybridized carbons (Fsp3) is 0.0588. The van der Waals surface area contributed by atoms with Crippen molar-refractivity contribution in [3.63, 3.8) is 0 Å². The minimum Gasteiger partial charge on any atom is -0.507 e. The highest BCUT2D eigenvalue weighted by molar-refractivity contribution is 9.10. The van der Waals surface area contributed by atoms with Gasteiger partial charge in [0.05, 0.1) is 11.8 Å². The van der Waals surface area contributed by atoms with Crippen molar-refractivity contribution in [2.75, 3.05) is 0 Å². The Kier molecular flexibility index (Phi) is 5.49. The van der Waals surface area contributed by atoms with Crippen LogP contribution >= 0.6 is 15.9 Å². The van der Waals surface area contributed by atoms with Crippen LogP contribution in [0.1, 0.15) is 21.5 Å². The lowest BCUT2D eigenvalue weighted by atomic mass is 10.1. The summed E-state index contributed by atoms with van der Waals surface area (Å²) in [5.74, 6) is -0.188. The van der Waals surface area contributed by atoms with E-state index >= 15 is 0 Å². The number of aromatic hydroxyl groups is 1. The Morgan fingerprint density at radius 1 is 1.27 bits per heavy atom. The number of phenolic OH excluding ortho intramolecular Hbond substituents is 1. The monoisotopic (exact) mass is 358 g/mol. The van der Waals surface area contributed by atoms with E-state index in [2.05, 4.69) is 33.0 Å². The van der Waals surface area contributed by atoms with Gasteiger partial charge in [0, 0.05) is 10.0 Å². The van der Waals surface area contributed by atoms with Crippen molar-refractivity contribution in [2.45, 2.75) is 6.42 Å². The third kappa shape index (κ3) is 3.83. The Hall–Kier alpha value is -2.40. The lowest BCUT2D eigenvalue weighted by Crippen LogP contribution is -2.18. The molecule has 0 fully saturated rings. The SMILES string of the molecule is C=CCc1cccc(/C=N\NC(=O)c2ccccc2Br)c1O. The van der Waals surface area contributed by atoms with Crippen LogP contribution in [0.4, 0.5) is 0 Å². The standard InChI is InChI=1S/C17H15BrN2O2/c1-2-6-12-7-5-8-13(16(12)21)11-19-20-17(22)14-9-3-4-10-15(14)18/h2-5,7-11,21H,1,6H2,(H,20,22)/b19-11-. The molecule has 2 aromatic carbocycles. The van der Waals surface area contributed by atoms with Gasteiger partial charge in [-0.3, -0.25) is 4.79 Å². The maximum atomic E-state index is 12.0. The highest BCUT2D eigenvalue weighted by Crippen LogP contribution is 2.21. The average molecular weight is 359 g/mol. The molecule has 0 heterocycles. The summed E-state index contributed by atoms with van der Waals surface area (Å²) in [5.41, 5.74) is 4.22. The molecule has 2 rings (SSSR count). The number of phenols is 1. The van der Waals surface area contributed by atoms with Crippen LogP contribution in [0.3, 0.4) is 0 Å². The Balaban J connectivity index is 2.10. The molecular formula is C17H15BrN2O2. The topological polar surface area (TPSA) is 61.7 Å². The third-order valence-corrected chi connectivity index (χ3v) is 3.69. The zero-order chi connectivity index (χ0) is 15.9. The summed E-state index contributed by atoms with van der Waals surface area (Å²) in [6.07, 6.45) is 3.69. The molecule has 0 unspecified atom stereocenters. The van der Waals surface area contributed by atoms with Gasteiger partial charge >= 0.3 is 0 Å². The maximum absolute atomic E-state index is 12.0. The van der Waals surface area contributed by atoms with Gasteiger partial charge in [-0.2, -0.15) is 5.10 Å². The first-order valence-corrected chi connectivity index (χ1v) is 7.42. The van der Waals surface area contributed by atoms with Gasteiger partial charge in [0.1, 0.15) is 5.75 Å². The van der Waals surface area contributed by atoms with Crippen LogP contribution < -0.4 is 5.43 Å². The number of nitrogens with zero attached hydrogens (tertiary/aromatic N) is 1.